The Balaban J connectivity index is 1.35. The molecule has 0 saturated heterocycles. The SMILES string of the molecule is COC(=O)COc1cc([C@@H]2C[C@H](CN[C@H](C)c3cccc4ccccc34)Oc3ccccc32)ccc1C. The highest BCUT2D eigenvalue weighted by Gasteiger charge is 2.30. The van der Waals surface area contributed by atoms with Gasteiger partial charge in [-0.15, -0.1) is 0 Å². The molecule has 5 nitrogen and oxygen atoms in total. The summed E-state index contributed by atoms with van der Waals surface area (Å²) in [5, 5.41) is 6.25. The number of rotatable bonds is 8. The van der Waals surface area contributed by atoms with Crippen molar-refractivity contribution in [3.05, 3.63) is 107 Å². The minimum atomic E-state index is -0.396. The fraction of sp³-hybridized carbons (Fsp3) is 0.281. The lowest BCUT2D eigenvalue weighted by molar-refractivity contribution is -0.142. The number of esters is 1. The van der Waals surface area contributed by atoms with Gasteiger partial charge in [-0.05, 0) is 59.9 Å². The molecule has 1 aliphatic rings. The quantitative estimate of drug-likeness (QED) is 0.289. The zero-order valence-corrected chi connectivity index (χ0v) is 21.6. The highest BCUT2D eigenvalue weighted by molar-refractivity contribution is 5.86. The van der Waals surface area contributed by atoms with E-state index in [2.05, 4.69) is 79.0 Å². The summed E-state index contributed by atoms with van der Waals surface area (Å²) in [5.74, 6) is 1.38. The van der Waals surface area contributed by atoms with Gasteiger partial charge in [-0.1, -0.05) is 72.8 Å². The standard InChI is InChI=1S/C32H33NO4/c1-21-15-16-24(17-31(21)36-20-32(34)35-3)29-18-25(37-30-14-7-6-12-28(29)30)19-33-22(2)26-13-8-10-23-9-4-5-11-27(23)26/h4-17,22,25,29,33H,18-20H2,1-3H3/t22-,25-,29+/m1/s1. The Morgan fingerprint density at radius 1 is 1.03 bits per heavy atom. The molecule has 5 rings (SSSR count). The summed E-state index contributed by atoms with van der Waals surface area (Å²) in [4.78, 5) is 11.6. The molecule has 0 aromatic heterocycles. The van der Waals surface area contributed by atoms with Gasteiger partial charge in [0.05, 0.1) is 7.11 Å². The Bertz CT molecular complexity index is 1390. The van der Waals surface area contributed by atoms with E-state index in [1.54, 1.807) is 0 Å². The second kappa shape index (κ2) is 11.1. The van der Waals surface area contributed by atoms with E-state index in [0.717, 1.165) is 29.8 Å². The third-order valence-corrected chi connectivity index (χ3v) is 7.22. The van der Waals surface area contributed by atoms with Gasteiger partial charge in [0.2, 0.25) is 0 Å². The number of fused-ring (bicyclic) bond motifs is 2. The first kappa shape index (κ1) is 24.8. The number of carbonyl (C=O) groups excluding carboxylic acids is 1. The van der Waals surface area contributed by atoms with Crippen molar-refractivity contribution in [2.75, 3.05) is 20.3 Å². The molecule has 5 heteroatoms. The maximum Gasteiger partial charge on any atom is 0.343 e. The highest BCUT2D eigenvalue weighted by atomic mass is 16.6. The van der Waals surface area contributed by atoms with E-state index in [0.29, 0.717) is 5.75 Å². The molecule has 0 fully saturated rings. The van der Waals surface area contributed by atoms with Crippen molar-refractivity contribution in [2.24, 2.45) is 0 Å². The van der Waals surface area contributed by atoms with Gasteiger partial charge in [0.15, 0.2) is 6.61 Å². The van der Waals surface area contributed by atoms with Gasteiger partial charge in [-0.2, -0.15) is 0 Å². The van der Waals surface area contributed by atoms with Crippen LogP contribution in [0.25, 0.3) is 10.8 Å². The number of para-hydroxylation sites is 1. The van der Waals surface area contributed by atoms with Crippen LogP contribution in [0.2, 0.25) is 0 Å². The summed E-state index contributed by atoms with van der Waals surface area (Å²) < 4.78 is 17.0. The van der Waals surface area contributed by atoms with Crippen LogP contribution in [0.4, 0.5) is 0 Å². The van der Waals surface area contributed by atoms with E-state index in [1.807, 2.05) is 25.1 Å². The number of aryl methyl sites for hydroxylation is 1. The lowest BCUT2D eigenvalue weighted by Gasteiger charge is -2.33. The molecule has 0 radical (unpaired) electrons. The molecule has 4 aromatic rings. The van der Waals surface area contributed by atoms with Crippen LogP contribution in [-0.2, 0) is 9.53 Å². The van der Waals surface area contributed by atoms with Gasteiger partial charge in [0.25, 0.3) is 0 Å². The molecule has 0 unspecified atom stereocenters. The molecule has 1 N–H and O–H groups in total. The molecular formula is C32H33NO4. The third-order valence-electron chi connectivity index (χ3n) is 7.22. The van der Waals surface area contributed by atoms with Crippen LogP contribution in [0, 0.1) is 6.92 Å². The number of nitrogens with one attached hydrogen (secondary N) is 1. The largest absolute Gasteiger partial charge is 0.489 e. The first-order chi connectivity index (χ1) is 18.0. The molecule has 1 heterocycles. The molecule has 4 aromatic carbocycles. The van der Waals surface area contributed by atoms with Crippen LogP contribution in [0.15, 0.2) is 84.9 Å². The zero-order valence-electron chi connectivity index (χ0n) is 21.6. The van der Waals surface area contributed by atoms with Crippen LogP contribution in [-0.4, -0.2) is 32.3 Å². The lowest BCUT2D eigenvalue weighted by atomic mass is 9.83. The Morgan fingerprint density at radius 2 is 1.81 bits per heavy atom. The lowest BCUT2D eigenvalue weighted by Crippen LogP contribution is -2.37. The predicted octanol–water partition coefficient (Wildman–Crippen LogP) is 6.33. The summed E-state index contributed by atoms with van der Waals surface area (Å²) >= 11 is 0. The number of benzene rings is 4. The molecule has 0 spiro atoms. The van der Waals surface area contributed by atoms with Gasteiger partial charge in [0.1, 0.15) is 17.6 Å². The first-order valence-electron chi connectivity index (χ1n) is 12.8. The number of methoxy groups -OCH3 is 1. The average molecular weight is 496 g/mol. The fourth-order valence-electron chi connectivity index (χ4n) is 5.16. The molecule has 1 aliphatic heterocycles. The van der Waals surface area contributed by atoms with Crippen molar-refractivity contribution < 1.29 is 19.0 Å². The summed E-state index contributed by atoms with van der Waals surface area (Å²) in [6.45, 7) is 4.81. The van der Waals surface area contributed by atoms with Gasteiger partial charge < -0.3 is 19.5 Å². The predicted molar refractivity (Wildman–Crippen MR) is 146 cm³/mol. The minimum Gasteiger partial charge on any atom is -0.489 e. The van der Waals surface area contributed by atoms with Crippen molar-refractivity contribution in [2.45, 2.75) is 38.3 Å². The molecule has 0 amide bonds. The second-order valence-electron chi connectivity index (χ2n) is 9.65. The molecule has 0 bridgehead atoms. The average Bonchev–Trinajstić information content (AvgIpc) is 2.94. The smallest absolute Gasteiger partial charge is 0.343 e. The molecule has 0 saturated carbocycles. The maximum absolute atomic E-state index is 11.6. The van der Waals surface area contributed by atoms with E-state index >= 15 is 0 Å². The fourth-order valence-corrected chi connectivity index (χ4v) is 5.16. The van der Waals surface area contributed by atoms with Crippen LogP contribution >= 0.6 is 0 Å². The molecule has 3 atom stereocenters. The van der Waals surface area contributed by atoms with E-state index in [1.165, 1.54) is 29.0 Å². The van der Waals surface area contributed by atoms with Gasteiger partial charge >= 0.3 is 5.97 Å². The van der Waals surface area contributed by atoms with Crippen LogP contribution in [0.5, 0.6) is 11.5 Å². The number of hydrogen-bond acceptors (Lipinski definition) is 5. The molecular weight excluding hydrogens is 462 g/mol. The van der Waals surface area contributed by atoms with E-state index in [4.69, 9.17) is 14.2 Å². The van der Waals surface area contributed by atoms with Gasteiger partial charge in [-0.3, -0.25) is 0 Å². The number of hydrogen-bond donors (Lipinski definition) is 1. The summed E-state index contributed by atoms with van der Waals surface area (Å²) in [6, 6.07) is 29.7. The topological polar surface area (TPSA) is 56.8 Å². The monoisotopic (exact) mass is 495 g/mol. The van der Waals surface area contributed by atoms with Crippen LogP contribution in [0.1, 0.15) is 47.6 Å². The van der Waals surface area contributed by atoms with Crippen LogP contribution in [0.3, 0.4) is 0 Å². The number of ether oxygens (including phenoxy) is 3. The normalized spacial score (nSPS) is 17.5. The maximum atomic E-state index is 11.6. The van der Waals surface area contributed by atoms with Crippen molar-refractivity contribution in [1.82, 2.24) is 5.32 Å². The van der Waals surface area contributed by atoms with Crippen molar-refractivity contribution in [3.8, 4) is 11.5 Å². The van der Waals surface area contributed by atoms with E-state index in [9.17, 15) is 4.79 Å². The second-order valence-corrected chi connectivity index (χ2v) is 9.65. The van der Waals surface area contributed by atoms with Crippen molar-refractivity contribution >= 4 is 16.7 Å². The summed E-state index contributed by atoms with van der Waals surface area (Å²) in [7, 11) is 1.36. The van der Waals surface area contributed by atoms with Crippen LogP contribution < -0.4 is 14.8 Å². The van der Waals surface area contributed by atoms with E-state index in [-0.39, 0.29) is 24.7 Å². The minimum absolute atomic E-state index is 0.0121. The summed E-state index contributed by atoms with van der Waals surface area (Å²) in [5.41, 5.74) is 4.59. The molecule has 37 heavy (non-hydrogen) atoms. The van der Waals surface area contributed by atoms with E-state index < -0.39 is 5.97 Å². The van der Waals surface area contributed by atoms with Crippen molar-refractivity contribution in [1.29, 1.82) is 0 Å². The summed E-state index contributed by atoms with van der Waals surface area (Å²) in [6.07, 6.45) is 0.851. The Hall–Kier alpha value is -3.83. The zero-order chi connectivity index (χ0) is 25.8. The highest BCUT2D eigenvalue weighted by Crippen LogP contribution is 2.41. The number of carbonyl (C=O) groups is 1. The van der Waals surface area contributed by atoms with Gasteiger partial charge in [0, 0.05) is 24.1 Å². The van der Waals surface area contributed by atoms with Gasteiger partial charge in [-0.25, -0.2) is 4.79 Å². The van der Waals surface area contributed by atoms with Crippen molar-refractivity contribution in [3.63, 3.8) is 0 Å². The Morgan fingerprint density at radius 3 is 2.68 bits per heavy atom. The first-order valence-corrected chi connectivity index (χ1v) is 12.8. The molecule has 0 aliphatic carbocycles. The Kier molecular flexibility index (Phi) is 7.42. The third kappa shape index (κ3) is 5.47. The molecule has 190 valence electrons. The Labute approximate surface area is 218 Å².